The summed E-state index contributed by atoms with van der Waals surface area (Å²) < 4.78 is 5.08. The lowest BCUT2D eigenvalue weighted by molar-refractivity contribution is -0.140. The number of hydrogen-bond acceptors (Lipinski definition) is 5. The second-order valence-electron chi connectivity index (χ2n) is 8.99. The Bertz CT molecular complexity index is 933. The number of carbonyl (C=O) groups is 4. The van der Waals surface area contributed by atoms with Gasteiger partial charge in [-0.2, -0.15) is 0 Å². The van der Waals surface area contributed by atoms with Crippen molar-refractivity contribution in [3.63, 3.8) is 0 Å². The maximum atomic E-state index is 12.9. The molecule has 2 saturated carbocycles. The second-order valence-corrected chi connectivity index (χ2v) is 8.99. The number of nitrogens with zero attached hydrogens (tertiary/aromatic N) is 1. The third kappa shape index (κ3) is 3.36. The molecule has 0 spiro atoms. The fourth-order valence-corrected chi connectivity index (χ4v) is 5.64. The van der Waals surface area contributed by atoms with Crippen LogP contribution in [-0.4, -0.2) is 41.7 Å². The zero-order valence-electron chi connectivity index (χ0n) is 17.5. The fourth-order valence-electron chi connectivity index (χ4n) is 5.64. The van der Waals surface area contributed by atoms with Crippen molar-refractivity contribution in [2.45, 2.75) is 26.2 Å². The molecule has 1 aliphatic heterocycles. The third-order valence-electron chi connectivity index (χ3n) is 7.16. The molecule has 1 aromatic carbocycles. The lowest BCUT2D eigenvalue weighted by Gasteiger charge is -2.37. The molecule has 1 N–H and O–H groups in total. The minimum Gasteiger partial charge on any atom is -0.462 e. The van der Waals surface area contributed by atoms with Gasteiger partial charge in [0.1, 0.15) is 0 Å². The van der Waals surface area contributed by atoms with Gasteiger partial charge in [-0.15, -0.1) is 0 Å². The summed E-state index contributed by atoms with van der Waals surface area (Å²) in [4.78, 5) is 51.4. The highest BCUT2D eigenvalue weighted by molar-refractivity contribution is 6.06. The molecular formula is C24H26N2O5. The molecule has 31 heavy (non-hydrogen) atoms. The Morgan fingerprint density at radius 3 is 2.23 bits per heavy atom. The van der Waals surface area contributed by atoms with E-state index >= 15 is 0 Å². The van der Waals surface area contributed by atoms with Gasteiger partial charge in [-0.3, -0.25) is 19.3 Å². The van der Waals surface area contributed by atoms with Crippen LogP contribution in [0.1, 0.15) is 36.5 Å². The van der Waals surface area contributed by atoms with Crippen molar-refractivity contribution in [1.29, 1.82) is 0 Å². The topological polar surface area (TPSA) is 92.8 Å². The van der Waals surface area contributed by atoms with Crippen molar-refractivity contribution in [1.82, 2.24) is 4.90 Å². The Morgan fingerprint density at radius 2 is 1.65 bits per heavy atom. The predicted octanol–water partition coefficient (Wildman–Crippen LogP) is 2.64. The van der Waals surface area contributed by atoms with Gasteiger partial charge in [0.25, 0.3) is 0 Å². The summed E-state index contributed by atoms with van der Waals surface area (Å²) in [6.07, 6.45) is 6.22. The number of benzene rings is 1. The van der Waals surface area contributed by atoms with Gasteiger partial charge in [-0.25, -0.2) is 4.79 Å². The van der Waals surface area contributed by atoms with E-state index in [2.05, 4.69) is 17.5 Å². The number of amides is 3. The molecule has 3 amide bonds. The van der Waals surface area contributed by atoms with E-state index in [9.17, 15) is 19.2 Å². The van der Waals surface area contributed by atoms with Crippen molar-refractivity contribution in [3.8, 4) is 0 Å². The molecule has 6 atom stereocenters. The first-order chi connectivity index (χ1) is 15.0. The number of carbonyl (C=O) groups excluding carboxylic acids is 4. The summed E-state index contributed by atoms with van der Waals surface area (Å²) in [6, 6.07) is 6.47. The Morgan fingerprint density at radius 1 is 1.03 bits per heavy atom. The van der Waals surface area contributed by atoms with E-state index in [1.54, 1.807) is 24.3 Å². The highest BCUT2D eigenvalue weighted by Gasteiger charge is 2.66. The molecule has 7 nitrogen and oxygen atoms in total. The van der Waals surface area contributed by atoms with E-state index in [4.69, 9.17) is 4.74 Å². The van der Waals surface area contributed by atoms with E-state index < -0.39 is 5.97 Å². The van der Waals surface area contributed by atoms with Crippen LogP contribution in [-0.2, 0) is 19.1 Å². The molecule has 1 aromatic rings. The summed E-state index contributed by atoms with van der Waals surface area (Å²) in [7, 11) is 0. The summed E-state index contributed by atoms with van der Waals surface area (Å²) in [5.74, 6) is 0.176. The first-order valence-electron chi connectivity index (χ1n) is 11.1. The van der Waals surface area contributed by atoms with Crippen LogP contribution in [0.3, 0.4) is 0 Å². The average molecular weight is 422 g/mol. The van der Waals surface area contributed by atoms with Gasteiger partial charge in [-0.1, -0.05) is 19.1 Å². The number of hydrogen-bond donors (Lipinski definition) is 1. The van der Waals surface area contributed by atoms with Crippen LogP contribution >= 0.6 is 0 Å². The van der Waals surface area contributed by atoms with Gasteiger partial charge in [0.05, 0.1) is 24.0 Å². The Hall–Kier alpha value is -2.96. The van der Waals surface area contributed by atoms with Crippen LogP contribution in [0.25, 0.3) is 0 Å². The molecule has 6 rings (SSSR count). The van der Waals surface area contributed by atoms with Crippen molar-refractivity contribution in [2.75, 3.05) is 18.5 Å². The zero-order valence-corrected chi connectivity index (χ0v) is 17.5. The van der Waals surface area contributed by atoms with E-state index in [0.717, 1.165) is 12.8 Å². The van der Waals surface area contributed by atoms with Crippen molar-refractivity contribution < 1.29 is 23.9 Å². The molecule has 5 aliphatic rings. The van der Waals surface area contributed by atoms with Crippen LogP contribution in [0, 0.1) is 35.5 Å². The minimum absolute atomic E-state index is 0.0484. The number of nitrogens with one attached hydrogen (secondary N) is 1. The largest absolute Gasteiger partial charge is 0.462 e. The number of esters is 1. The lowest BCUT2D eigenvalue weighted by Crippen LogP contribution is -2.40. The smallest absolute Gasteiger partial charge is 0.338 e. The van der Waals surface area contributed by atoms with Gasteiger partial charge in [0, 0.05) is 18.7 Å². The molecule has 3 fully saturated rings. The Balaban J connectivity index is 1.16. The maximum absolute atomic E-state index is 12.9. The van der Waals surface area contributed by atoms with Gasteiger partial charge in [-0.05, 0) is 60.8 Å². The normalized spacial score (nSPS) is 32.0. The molecule has 0 aromatic heterocycles. The SMILES string of the molecule is CCCOC(=O)c1ccc(NC(=O)CCN2C(=O)[C@@H]3[C@H]4C=C[C@@H]([C@@H]5C[C@@H]45)[C@@H]3C2=O)cc1. The van der Waals surface area contributed by atoms with Crippen LogP contribution in [0.5, 0.6) is 0 Å². The van der Waals surface area contributed by atoms with Crippen LogP contribution in [0.4, 0.5) is 5.69 Å². The standard InChI is InChI=1S/C24H26N2O5/c1-2-11-31-24(30)13-3-5-14(6-4-13)25-19(27)9-10-26-22(28)20-15-7-8-16(18-12-17(15)18)21(20)23(26)29/h3-8,15-18,20-21H,2,9-12H2,1H3,(H,25,27)/t15-,16-,17-,18-,20-,21+/m0/s1. The molecular weight excluding hydrogens is 396 g/mol. The summed E-state index contributed by atoms with van der Waals surface area (Å²) in [5, 5.41) is 2.76. The van der Waals surface area contributed by atoms with Crippen LogP contribution in [0.2, 0.25) is 0 Å². The second kappa shape index (κ2) is 7.62. The first kappa shape index (κ1) is 20.0. The van der Waals surface area contributed by atoms with Gasteiger partial charge < -0.3 is 10.1 Å². The highest BCUT2D eigenvalue weighted by Crippen LogP contribution is 2.65. The zero-order chi connectivity index (χ0) is 21.7. The number of anilines is 1. The highest BCUT2D eigenvalue weighted by atomic mass is 16.5. The Kier molecular flexibility index (Phi) is 4.91. The number of likely N-dealkylation sites (tertiary alicyclic amines) is 1. The molecule has 7 heteroatoms. The maximum Gasteiger partial charge on any atom is 0.338 e. The molecule has 1 saturated heterocycles. The van der Waals surface area contributed by atoms with Gasteiger partial charge in [0.2, 0.25) is 17.7 Å². The van der Waals surface area contributed by atoms with E-state index in [1.165, 1.54) is 4.90 Å². The number of ether oxygens (including phenoxy) is 1. The number of allylic oxidation sites excluding steroid dienone is 2. The quantitative estimate of drug-likeness (QED) is 0.414. The van der Waals surface area contributed by atoms with Crippen molar-refractivity contribution in [3.05, 3.63) is 42.0 Å². The molecule has 1 heterocycles. The summed E-state index contributed by atoms with van der Waals surface area (Å²) in [5.41, 5.74) is 0.968. The minimum atomic E-state index is -0.395. The van der Waals surface area contributed by atoms with E-state index in [-0.39, 0.29) is 54.4 Å². The van der Waals surface area contributed by atoms with Crippen molar-refractivity contribution in [2.24, 2.45) is 35.5 Å². The lowest BCUT2D eigenvalue weighted by atomic mass is 9.63. The molecule has 4 aliphatic carbocycles. The summed E-state index contributed by atoms with van der Waals surface area (Å²) >= 11 is 0. The Labute approximate surface area is 180 Å². The van der Waals surface area contributed by atoms with Gasteiger partial charge in [0.15, 0.2) is 0 Å². The average Bonchev–Trinajstić information content (AvgIpc) is 3.56. The first-order valence-corrected chi connectivity index (χ1v) is 11.1. The van der Waals surface area contributed by atoms with Crippen molar-refractivity contribution >= 4 is 29.4 Å². The van der Waals surface area contributed by atoms with E-state index in [1.807, 2.05) is 6.92 Å². The molecule has 0 radical (unpaired) electrons. The fraction of sp³-hybridized carbons (Fsp3) is 0.500. The van der Waals surface area contributed by atoms with Crippen LogP contribution in [0.15, 0.2) is 36.4 Å². The number of rotatable bonds is 7. The predicted molar refractivity (Wildman–Crippen MR) is 112 cm³/mol. The molecule has 2 bridgehead atoms. The van der Waals surface area contributed by atoms with Gasteiger partial charge >= 0.3 is 5.97 Å². The number of imide groups is 1. The van der Waals surface area contributed by atoms with Crippen LogP contribution < -0.4 is 5.32 Å². The molecule has 162 valence electrons. The monoisotopic (exact) mass is 422 g/mol. The summed E-state index contributed by atoms with van der Waals surface area (Å²) in [6.45, 7) is 2.39. The van der Waals surface area contributed by atoms with E-state index in [0.29, 0.717) is 29.7 Å². The molecule has 0 unspecified atom stereocenters. The third-order valence-corrected chi connectivity index (χ3v) is 7.16.